The van der Waals surface area contributed by atoms with E-state index < -0.39 is 0 Å². The van der Waals surface area contributed by atoms with E-state index in [4.69, 9.17) is 15.2 Å². The van der Waals surface area contributed by atoms with Crippen molar-refractivity contribution in [3.63, 3.8) is 0 Å². The van der Waals surface area contributed by atoms with Crippen LogP contribution in [-0.4, -0.2) is 44.7 Å². The Hall–Kier alpha value is -1.75. The van der Waals surface area contributed by atoms with Crippen LogP contribution in [0.15, 0.2) is 18.2 Å². The molecular formula is C15H22N2O3. The van der Waals surface area contributed by atoms with E-state index in [2.05, 4.69) is 0 Å². The minimum Gasteiger partial charge on any atom is -0.497 e. The number of carbonyl (C=O) groups excluding carboxylic acids is 1. The van der Waals surface area contributed by atoms with Crippen molar-refractivity contribution < 1.29 is 14.3 Å². The van der Waals surface area contributed by atoms with Gasteiger partial charge in [0.15, 0.2) is 0 Å². The third-order valence-corrected chi connectivity index (χ3v) is 3.86. The maximum atomic E-state index is 12.6. The molecule has 0 bridgehead atoms. The zero-order chi connectivity index (χ0) is 14.7. The van der Waals surface area contributed by atoms with Gasteiger partial charge in [-0.05, 0) is 30.9 Å². The smallest absolute Gasteiger partial charge is 0.257 e. The molecule has 0 spiro atoms. The third-order valence-electron chi connectivity index (χ3n) is 3.86. The summed E-state index contributed by atoms with van der Waals surface area (Å²) in [5.41, 5.74) is 6.34. The maximum absolute atomic E-state index is 12.6. The molecule has 1 aliphatic carbocycles. The topological polar surface area (TPSA) is 64.8 Å². The molecule has 1 aromatic rings. The molecule has 1 amide bonds. The van der Waals surface area contributed by atoms with Crippen LogP contribution < -0.4 is 15.2 Å². The highest BCUT2D eigenvalue weighted by Gasteiger charge is 2.35. The quantitative estimate of drug-likeness (QED) is 0.856. The van der Waals surface area contributed by atoms with Crippen LogP contribution in [0.3, 0.4) is 0 Å². The van der Waals surface area contributed by atoms with Crippen molar-refractivity contribution in [3.8, 4) is 11.5 Å². The Kier molecular flexibility index (Phi) is 4.49. The van der Waals surface area contributed by atoms with Gasteiger partial charge < -0.3 is 20.1 Å². The number of amides is 1. The van der Waals surface area contributed by atoms with E-state index in [1.165, 1.54) is 0 Å². The molecule has 20 heavy (non-hydrogen) atoms. The van der Waals surface area contributed by atoms with E-state index >= 15 is 0 Å². The number of nitrogens with two attached hydrogens (primary N) is 1. The molecule has 5 nitrogen and oxygen atoms in total. The van der Waals surface area contributed by atoms with Crippen molar-refractivity contribution in [1.82, 2.24) is 4.90 Å². The summed E-state index contributed by atoms with van der Waals surface area (Å²) in [5.74, 6) is 1.66. The molecule has 1 saturated carbocycles. The van der Waals surface area contributed by atoms with E-state index in [0.717, 1.165) is 12.8 Å². The number of rotatable bonds is 6. The number of hydrogen-bond acceptors (Lipinski definition) is 4. The lowest BCUT2D eigenvalue weighted by Gasteiger charge is -2.27. The van der Waals surface area contributed by atoms with Crippen LogP contribution in [0.4, 0.5) is 0 Å². The molecule has 1 unspecified atom stereocenters. The van der Waals surface area contributed by atoms with E-state index in [0.29, 0.717) is 29.5 Å². The first-order valence-electron chi connectivity index (χ1n) is 6.81. The van der Waals surface area contributed by atoms with Gasteiger partial charge in [0.25, 0.3) is 5.91 Å². The fourth-order valence-corrected chi connectivity index (χ4v) is 2.46. The molecule has 0 saturated heterocycles. The van der Waals surface area contributed by atoms with Crippen LogP contribution in [0.5, 0.6) is 11.5 Å². The van der Waals surface area contributed by atoms with Gasteiger partial charge in [-0.1, -0.05) is 0 Å². The van der Waals surface area contributed by atoms with Crippen LogP contribution in [0.2, 0.25) is 0 Å². The van der Waals surface area contributed by atoms with Crippen LogP contribution in [0.25, 0.3) is 0 Å². The average molecular weight is 278 g/mol. The molecule has 5 heteroatoms. The Morgan fingerprint density at radius 2 is 2.10 bits per heavy atom. The number of ether oxygens (including phenoxy) is 2. The molecule has 1 atom stereocenters. The van der Waals surface area contributed by atoms with E-state index in [1.54, 1.807) is 37.3 Å². The van der Waals surface area contributed by atoms with Gasteiger partial charge in [-0.2, -0.15) is 0 Å². The minimum absolute atomic E-state index is 0.0631. The number of benzene rings is 1. The molecular weight excluding hydrogens is 256 g/mol. The fourth-order valence-electron chi connectivity index (χ4n) is 2.46. The highest BCUT2D eigenvalue weighted by Crippen LogP contribution is 2.35. The molecule has 2 rings (SSSR count). The van der Waals surface area contributed by atoms with E-state index in [9.17, 15) is 4.79 Å². The Bertz CT molecular complexity index is 486. The molecule has 0 aliphatic heterocycles. The summed E-state index contributed by atoms with van der Waals surface area (Å²) in [6, 6.07) is 5.32. The standard InChI is InChI=1S/C15H22N2O3/c1-17(13(9-16)10-4-5-10)15(18)12-7-6-11(19-2)8-14(12)20-3/h6-8,10,13H,4-5,9,16H2,1-3H3. The predicted molar refractivity (Wildman–Crippen MR) is 77.2 cm³/mol. The number of nitrogens with zero attached hydrogens (tertiary/aromatic N) is 1. The summed E-state index contributed by atoms with van der Waals surface area (Å²) in [7, 11) is 4.94. The van der Waals surface area contributed by atoms with E-state index in [-0.39, 0.29) is 11.9 Å². The Morgan fingerprint density at radius 3 is 2.60 bits per heavy atom. The molecule has 0 aromatic heterocycles. The molecule has 0 heterocycles. The summed E-state index contributed by atoms with van der Waals surface area (Å²) in [6.07, 6.45) is 2.30. The van der Waals surface area contributed by atoms with Gasteiger partial charge in [-0.25, -0.2) is 0 Å². The fraction of sp³-hybridized carbons (Fsp3) is 0.533. The van der Waals surface area contributed by atoms with Gasteiger partial charge in [0, 0.05) is 25.7 Å². The van der Waals surface area contributed by atoms with Crippen molar-refractivity contribution in [2.45, 2.75) is 18.9 Å². The monoisotopic (exact) mass is 278 g/mol. The van der Waals surface area contributed by atoms with Crippen LogP contribution in [-0.2, 0) is 0 Å². The largest absolute Gasteiger partial charge is 0.497 e. The summed E-state index contributed by atoms with van der Waals surface area (Å²) in [6.45, 7) is 0.491. The number of methoxy groups -OCH3 is 2. The van der Waals surface area contributed by atoms with Gasteiger partial charge >= 0.3 is 0 Å². The van der Waals surface area contributed by atoms with Crippen molar-refractivity contribution in [1.29, 1.82) is 0 Å². The van der Waals surface area contributed by atoms with Gasteiger partial charge in [0.2, 0.25) is 0 Å². The van der Waals surface area contributed by atoms with Crippen LogP contribution in [0, 0.1) is 5.92 Å². The summed E-state index contributed by atoms with van der Waals surface area (Å²) < 4.78 is 10.4. The lowest BCUT2D eigenvalue weighted by atomic mass is 10.1. The summed E-state index contributed by atoms with van der Waals surface area (Å²) >= 11 is 0. The molecule has 1 fully saturated rings. The first kappa shape index (κ1) is 14.7. The van der Waals surface area contributed by atoms with Gasteiger partial charge in [0.05, 0.1) is 19.8 Å². The zero-order valence-electron chi connectivity index (χ0n) is 12.3. The summed E-state index contributed by atoms with van der Waals surface area (Å²) in [5, 5.41) is 0. The van der Waals surface area contributed by atoms with Crippen LogP contribution in [0.1, 0.15) is 23.2 Å². The van der Waals surface area contributed by atoms with Crippen molar-refractivity contribution in [2.24, 2.45) is 11.7 Å². The minimum atomic E-state index is -0.0631. The Morgan fingerprint density at radius 1 is 1.40 bits per heavy atom. The van der Waals surface area contributed by atoms with Gasteiger partial charge in [-0.3, -0.25) is 4.79 Å². The lowest BCUT2D eigenvalue weighted by Crippen LogP contribution is -2.43. The second kappa shape index (κ2) is 6.13. The average Bonchev–Trinajstić information content (AvgIpc) is 3.31. The second-order valence-corrected chi connectivity index (χ2v) is 5.12. The molecule has 1 aromatic carbocycles. The number of hydrogen-bond donors (Lipinski definition) is 1. The normalized spacial score (nSPS) is 15.6. The zero-order valence-corrected chi connectivity index (χ0v) is 12.3. The van der Waals surface area contributed by atoms with Crippen molar-refractivity contribution >= 4 is 5.91 Å². The van der Waals surface area contributed by atoms with Crippen molar-refractivity contribution in [3.05, 3.63) is 23.8 Å². The maximum Gasteiger partial charge on any atom is 0.257 e. The molecule has 110 valence electrons. The van der Waals surface area contributed by atoms with E-state index in [1.807, 2.05) is 7.05 Å². The highest BCUT2D eigenvalue weighted by atomic mass is 16.5. The Labute approximate surface area is 119 Å². The van der Waals surface area contributed by atoms with Crippen molar-refractivity contribution in [2.75, 3.05) is 27.8 Å². The number of likely N-dealkylation sites (N-methyl/N-ethyl adjacent to an activating group) is 1. The lowest BCUT2D eigenvalue weighted by molar-refractivity contribution is 0.0715. The predicted octanol–water partition coefficient (Wildman–Crippen LogP) is 1.51. The SMILES string of the molecule is COc1ccc(C(=O)N(C)C(CN)C2CC2)c(OC)c1. The number of carbonyl (C=O) groups is 1. The molecule has 1 aliphatic rings. The summed E-state index contributed by atoms with van der Waals surface area (Å²) in [4.78, 5) is 14.3. The highest BCUT2D eigenvalue weighted by molar-refractivity contribution is 5.97. The second-order valence-electron chi connectivity index (χ2n) is 5.12. The molecule has 0 radical (unpaired) electrons. The Balaban J connectivity index is 2.23. The third kappa shape index (κ3) is 2.88. The van der Waals surface area contributed by atoms with Gasteiger partial charge in [-0.15, -0.1) is 0 Å². The molecule has 2 N–H and O–H groups in total. The van der Waals surface area contributed by atoms with Gasteiger partial charge in [0.1, 0.15) is 11.5 Å². The first-order chi connectivity index (χ1) is 9.62. The van der Waals surface area contributed by atoms with Crippen LogP contribution >= 0.6 is 0 Å². The first-order valence-corrected chi connectivity index (χ1v) is 6.81.